The van der Waals surface area contributed by atoms with Gasteiger partial charge in [-0.1, -0.05) is 27.7 Å². The highest BCUT2D eigenvalue weighted by molar-refractivity contribution is 5.94. The average molecular weight is 253 g/mol. The number of halogens is 1. The predicted molar refractivity (Wildman–Crippen MR) is 70.5 cm³/mol. The maximum absolute atomic E-state index is 13.0. The number of rotatable bonds is 5. The predicted octanol–water partition coefficient (Wildman–Crippen LogP) is 3.62. The number of benzene rings is 1. The van der Waals surface area contributed by atoms with E-state index >= 15 is 0 Å². The van der Waals surface area contributed by atoms with Crippen LogP contribution in [-0.4, -0.2) is 17.6 Å². The molecule has 4 heteroatoms. The van der Waals surface area contributed by atoms with Crippen molar-refractivity contribution in [2.24, 2.45) is 11.3 Å². The summed E-state index contributed by atoms with van der Waals surface area (Å²) in [5.41, 5.74) is 0.455. The van der Waals surface area contributed by atoms with E-state index in [-0.39, 0.29) is 11.0 Å². The van der Waals surface area contributed by atoms with E-state index in [2.05, 4.69) is 33.0 Å². The Bertz CT molecular complexity index is 441. The number of hydrogen-bond acceptors (Lipinski definition) is 2. The van der Waals surface area contributed by atoms with E-state index in [1.54, 1.807) is 0 Å². The summed E-state index contributed by atoms with van der Waals surface area (Å²) >= 11 is 0. The minimum atomic E-state index is -1.13. The molecule has 0 atom stereocenters. The molecule has 0 heterocycles. The van der Waals surface area contributed by atoms with Crippen LogP contribution in [0.5, 0.6) is 0 Å². The lowest BCUT2D eigenvalue weighted by Gasteiger charge is -2.30. The molecule has 0 aliphatic heterocycles. The number of carbonyl (C=O) groups is 1. The molecule has 2 N–H and O–H groups in total. The second kappa shape index (κ2) is 5.38. The van der Waals surface area contributed by atoms with Crippen LogP contribution >= 0.6 is 0 Å². The second-order valence-corrected chi connectivity index (χ2v) is 5.49. The van der Waals surface area contributed by atoms with Crippen LogP contribution in [0.2, 0.25) is 0 Å². The fourth-order valence-corrected chi connectivity index (χ4v) is 1.37. The summed E-state index contributed by atoms with van der Waals surface area (Å²) in [4.78, 5) is 11.0. The van der Waals surface area contributed by atoms with E-state index in [0.717, 1.165) is 6.07 Å². The SMILES string of the molecule is CC(C)C(C)(C)CNc1ccc(F)cc1C(=O)O. The molecule has 100 valence electrons. The van der Waals surface area contributed by atoms with Gasteiger partial charge in [0.15, 0.2) is 0 Å². The van der Waals surface area contributed by atoms with Crippen molar-refractivity contribution in [1.29, 1.82) is 0 Å². The fraction of sp³-hybridized carbons (Fsp3) is 0.500. The van der Waals surface area contributed by atoms with Gasteiger partial charge in [0.1, 0.15) is 5.82 Å². The molecule has 0 amide bonds. The third-order valence-electron chi connectivity index (χ3n) is 3.51. The molecule has 0 spiro atoms. The monoisotopic (exact) mass is 253 g/mol. The van der Waals surface area contributed by atoms with E-state index in [9.17, 15) is 9.18 Å². The smallest absolute Gasteiger partial charge is 0.337 e. The zero-order chi connectivity index (χ0) is 13.9. The summed E-state index contributed by atoms with van der Waals surface area (Å²) in [6.07, 6.45) is 0. The van der Waals surface area contributed by atoms with Crippen LogP contribution in [0.3, 0.4) is 0 Å². The molecule has 0 saturated carbocycles. The van der Waals surface area contributed by atoms with Gasteiger partial charge >= 0.3 is 5.97 Å². The first-order valence-electron chi connectivity index (χ1n) is 6.01. The van der Waals surface area contributed by atoms with Crippen molar-refractivity contribution in [3.05, 3.63) is 29.6 Å². The van der Waals surface area contributed by atoms with Gasteiger partial charge in [-0.15, -0.1) is 0 Å². The van der Waals surface area contributed by atoms with Crippen molar-refractivity contribution < 1.29 is 14.3 Å². The Balaban J connectivity index is 2.89. The maximum Gasteiger partial charge on any atom is 0.337 e. The van der Waals surface area contributed by atoms with Crippen LogP contribution in [0, 0.1) is 17.2 Å². The lowest BCUT2D eigenvalue weighted by molar-refractivity contribution is 0.0697. The number of hydrogen-bond donors (Lipinski definition) is 2. The molecule has 1 aromatic rings. The van der Waals surface area contributed by atoms with Gasteiger partial charge in [-0.05, 0) is 29.5 Å². The summed E-state index contributed by atoms with van der Waals surface area (Å²) in [6.45, 7) is 9.08. The molecule has 0 unspecified atom stereocenters. The molecular formula is C14H20FNO2. The van der Waals surface area contributed by atoms with E-state index in [1.807, 2.05) is 0 Å². The van der Waals surface area contributed by atoms with Gasteiger partial charge < -0.3 is 10.4 Å². The van der Waals surface area contributed by atoms with Crippen molar-refractivity contribution in [2.45, 2.75) is 27.7 Å². The quantitative estimate of drug-likeness (QED) is 0.842. The normalized spacial score (nSPS) is 11.7. The summed E-state index contributed by atoms with van der Waals surface area (Å²) in [7, 11) is 0. The van der Waals surface area contributed by atoms with Crippen LogP contribution in [0.4, 0.5) is 10.1 Å². The van der Waals surface area contributed by atoms with Crippen molar-refractivity contribution in [3.8, 4) is 0 Å². The molecule has 0 aliphatic carbocycles. The number of carboxylic acid groups (broad SMARTS) is 1. The van der Waals surface area contributed by atoms with Crippen LogP contribution in [-0.2, 0) is 0 Å². The number of anilines is 1. The highest BCUT2D eigenvalue weighted by atomic mass is 19.1. The zero-order valence-electron chi connectivity index (χ0n) is 11.2. The van der Waals surface area contributed by atoms with Gasteiger partial charge in [-0.3, -0.25) is 0 Å². The molecule has 0 fully saturated rings. The number of carboxylic acids is 1. The van der Waals surface area contributed by atoms with Crippen molar-refractivity contribution in [1.82, 2.24) is 0 Å². The molecule has 0 saturated heterocycles. The third-order valence-corrected chi connectivity index (χ3v) is 3.51. The Kier molecular flexibility index (Phi) is 4.33. The van der Waals surface area contributed by atoms with Gasteiger partial charge in [0.05, 0.1) is 5.56 Å². The summed E-state index contributed by atoms with van der Waals surface area (Å²) in [5.74, 6) is -1.21. The molecule has 1 rings (SSSR count). The van der Waals surface area contributed by atoms with Crippen LogP contribution in [0.15, 0.2) is 18.2 Å². The lowest BCUT2D eigenvalue weighted by atomic mass is 9.81. The van der Waals surface area contributed by atoms with Crippen molar-refractivity contribution in [2.75, 3.05) is 11.9 Å². The summed E-state index contributed by atoms with van der Waals surface area (Å²) in [6, 6.07) is 3.76. The first kappa shape index (κ1) is 14.5. The maximum atomic E-state index is 13.0. The fourth-order valence-electron chi connectivity index (χ4n) is 1.37. The Morgan fingerprint density at radius 1 is 1.44 bits per heavy atom. The second-order valence-electron chi connectivity index (χ2n) is 5.49. The highest BCUT2D eigenvalue weighted by Gasteiger charge is 2.22. The van der Waals surface area contributed by atoms with Gasteiger partial charge in [0, 0.05) is 12.2 Å². The summed E-state index contributed by atoms with van der Waals surface area (Å²) < 4.78 is 13.0. The molecule has 3 nitrogen and oxygen atoms in total. The zero-order valence-corrected chi connectivity index (χ0v) is 11.2. The number of nitrogens with one attached hydrogen (secondary N) is 1. The largest absolute Gasteiger partial charge is 0.478 e. The number of aromatic carboxylic acids is 1. The lowest BCUT2D eigenvalue weighted by Crippen LogP contribution is -2.29. The van der Waals surface area contributed by atoms with Gasteiger partial charge in [0.25, 0.3) is 0 Å². The Labute approximate surface area is 107 Å². The van der Waals surface area contributed by atoms with Gasteiger partial charge in [0.2, 0.25) is 0 Å². The molecule has 0 aromatic heterocycles. The third kappa shape index (κ3) is 3.45. The molecular weight excluding hydrogens is 233 g/mol. The Morgan fingerprint density at radius 2 is 2.06 bits per heavy atom. The van der Waals surface area contributed by atoms with Gasteiger partial charge in [-0.25, -0.2) is 9.18 Å². The molecule has 18 heavy (non-hydrogen) atoms. The Morgan fingerprint density at radius 3 is 2.56 bits per heavy atom. The highest BCUT2D eigenvalue weighted by Crippen LogP contribution is 2.27. The standard InChI is InChI=1S/C14H20FNO2/c1-9(2)14(3,4)8-16-12-6-5-10(15)7-11(12)13(17)18/h5-7,9,16H,8H2,1-4H3,(H,17,18). The van der Waals surface area contributed by atoms with Crippen LogP contribution in [0.1, 0.15) is 38.1 Å². The first-order chi connectivity index (χ1) is 8.24. The summed E-state index contributed by atoms with van der Waals surface area (Å²) in [5, 5.41) is 12.1. The average Bonchev–Trinajstić information content (AvgIpc) is 2.27. The van der Waals surface area contributed by atoms with Crippen LogP contribution < -0.4 is 5.32 Å². The first-order valence-corrected chi connectivity index (χ1v) is 6.01. The molecule has 1 aromatic carbocycles. The van der Waals surface area contributed by atoms with Crippen LogP contribution in [0.25, 0.3) is 0 Å². The topological polar surface area (TPSA) is 49.3 Å². The molecule has 0 bridgehead atoms. The van der Waals surface area contributed by atoms with Crippen molar-refractivity contribution in [3.63, 3.8) is 0 Å². The van der Waals surface area contributed by atoms with Crippen molar-refractivity contribution >= 4 is 11.7 Å². The van der Waals surface area contributed by atoms with E-state index in [1.165, 1.54) is 12.1 Å². The van der Waals surface area contributed by atoms with E-state index in [0.29, 0.717) is 18.2 Å². The van der Waals surface area contributed by atoms with E-state index < -0.39 is 11.8 Å². The molecule has 0 radical (unpaired) electrons. The van der Waals surface area contributed by atoms with E-state index in [4.69, 9.17) is 5.11 Å². The van der Waals surface area contributed by atoms with Gasteiger partial charge in [-0.2, -0.15) is 0 Å². The minimum Gasteiger partial charge on any atom is -0.478 e. The molecule has 0 aliphatic rings. The minimum absolute atomic E-state index is 0.0319. The Hall–Kier alpha value is -1.58.